The predicted molar refractivity (Wildman–Crippen MR) is 174 cm³/mol. The highest BCUT2D eigenvalue weighted by Crippen LogP contribution is 2.45. The van der Waals surface area contributed by atoms with Crippen LogP contribution in [-0.2, 0) is 15.6 Å². The number of phenols is 1. The first kappa shape index (κ1) is 31.8. The molecule has 0 saturated heterocycles. The zero-order valence-corrected chi connectivity index (χ0v) is 27.1. The molecule has 0 heterocycles. The number of aromatic hydroxyl groups is 1. The van der Waals surface area contributed by atoms with Crippen LogP contribution in [0.15, 0.2) is 59.2 Å². The fourth-order valence-corrected chi connectivity index (χ4v) is 5.25. The maximum atomic E-state index is 13.8. The van der Waals surface area contributed by atoms with Gasteiger partial charge in [0.05, 0.1) is 0 Å². The molecule has 2 nitrogen and oxygen atoms in total. The highest BCUT2D eigenvalue weighted by atomic mass is 16.3. The number of carbonyl (C=O) groups excluding carboxylic acids is 1. The summed E-state index contributed by atoms with van der Waals surface area (Å²) in [5.41, 5.74) is 6.88. The summed E-state index contributed by atoms with van der Waals surface area (Å²) in [4.78, 5) is 13.8. The molecule has 1 aliphatic rings. The molecule has 41 heavy (non-hydrogen) atoms. The van der Waals surface area contributed by atoms with E-state index in [0.29, 0.717) is 16.9 Å². The number of hydrogen-bond acceptors (Lipinski definition) is 2. The van der Waals surface area contributed by atoms with Crippen LogP contribution in [0.25, 0.3) is 5.57 Å². The van der Waals surface area contributed by atoms with Gasteiger partial charge in [-0.05, 0) is 86.4 Å². The Kier molecular flexibility index (Phi) is 8.20. The topological polar surface area (TPSA) is 37.3 Å². The summed E-state index contributed by atoms with van der Waals surface area (Å²) in [7, 11) is 0. The fourth-order valence-electron chi connectivity index (χ4n) is 5.25. The Hall–Kier alpha value is -3.75. The van der Waals surface area contributed by atoms with E-state index < -0.39 is 0 Å². The SMILES string of the molecule is C#Cc1cc(C#C)cc(C(=C2C=C(C(C)(C)C)C(=O)C(C(C)(C)C)=C2)c2cc(C(C)(C)C)c(O)c(C(C)(C)C)c2)c1. The van der Waals surface area contributed by atoms with E-state index in [4.69, 9.17) is 12.8 Å². The number of phenolic OH excluding ortho intramolecular Hbond substituents is 1. The molecule has 0 atom stereocenters. The van der Waals surface area contributed by atoms with Gasteiger partial charge in [0.1, 0.15) is 5.75 Å². The molecule has 0 amide bonds. The van der Waals surface area contributed by atoms with Gasteiger partial charge in [-0.1, -0.05) is 94.9 Å². The van der Waals surface area contributed by atoms with Gasteiger partial charge >= 0.3 is 0 Å². The largest absolute Gasteiger partial charge is 0.507 e. The Morgan fingerprint density at radius 3 is 1.29 bits per heavy atom. The number of ketones is 1. The lowest BCUT2D eigenvalue weighted by molar-refractivity contribution is -0.114. The van der Waals surface area contributed by atoms with Crippen LogP contribution >= 0.6 is 0 Å². The fraction of sp³-hybridized carbons (Fsp3) is 0.410. The second-order valence-electron chi connectivity index (χ2n) is 15.3. The Morgan fingerprint density at radius 2 is 0.976 bits per heavy atom. The van der Waals surface area contributed by atoms with Crippen LogP contribution in [0.4, 0.5) is 0 Å². The summed E-state index contributed by atoms with van der Waals surface area (Å²) in [6.07, 6.45) is 15.8. The van der Waals surface area contributed by atoms with E-state index in [1.54, 1.807) is 0 Å². The minimum Gasteiger partial charge on any atom is -0.507 e. The van der Waals surface area contributed by atoms with E-state index in [0.717, 1.165) is 44.5 Å². The summed E-state index contributed by atoms with van der Waals surface area (Å²) in [6.45, 7) is 25.1. The molecule has 2 heteroatoms. The molecule has 1 aliphatic carbocycles. The zero-order chi connectivity index (χ0) is 31.3. The van der Waals surface area contributed by atoms with Crippen LogP contribution in [0.1, 0.15) is 116 Å². The van der Waals surface area contributed by atoms with E-state index >= 15 is 0 Å². The Labute approximate surface area is 248 Å². The van der Waals surface area contributed by atoms with Crippen molar-refractivity contribution in [1.29, 1.82) is 0 Å². The third-order valence-electron chi connectivity index (χ3n) is 7.56. The lowest BCUT2D eigenvalue weighted by atomic mass is 9.70. The van der Waals surface area contributed by atoms with Crippen LogP contribution < -0.4 is 0 Å². The van der Waals surface area contributed by atoms with Crippen LogP contribution in [0.3, 0.4) is 0 Å². The summed E-state index contributed by atoms with van der Waals surface area (Å²) in [6, 6.07) is 9.96. The van der Waals surface area contributed by atoms with Gasteiger partial charge in [-0.2, -0.15) is 0 Å². The Morgan fingerprint density at radius 1 is 0.610 bits per heavy atom. The quantitative estimate of drug-likeness (QED) is 0.381. The van der Waals surface area contributed by atoms with Crippen LogP contribution in [0.2, 0.25) is 0 Å². The van der Waals surface area contributed by atoms with Crippen LogP contribution in [0.5, 0.6) is 5.75 Å². The molecular weight excluding hydrogens is 500 g/mol. The first-order chi connectivity index (χ1) is 18.6. The molecule has 2 aromatic rings. The van der Waals surface area contributed by atoms with Crippen molar-refractivity contribution in [2.24, 2.45) is 10.8 Å². The molecule has 1 N–H and O–H groups in total. The number of rotatable bonds is 2. The summed E-state index contributed by atoms with van der Waals surface area (Å²) in [5.74, 6) is 5.91. The summed E-state index contributed by atoms with van der Waals surface area (Å²) in [5, 5.41) is 11.5. The standard InChI is InChI=1S/C39H46O2/c1-15-24-17-25(16-2)19-26(18-24)33(27-20-29(36(3,4)5)34(40)30(21-27)37(6,7)8)28-22-31(38(9,10)11)35(41)32(23-28)39(12,13)14/h1-2,17-23,40H,3-14H3. The van der Waals surface area contributed by atoms with E-state index in [1.807, 2.05) is 30.4 Å². The van der Waals surface area contributed by atoms with Crippen molar-refractivity contribution < 1.29 is 9.90 Å². The highest BCUT2D eigenvalue weighted by Gasteiger charge is 2.35. The average molecular weight is 547 g/mol. The molecule has 3 rings (SSSR count). The van der Waals surface area contributed by atoms with E-state index in [2.05, 4.69) is 107 Å². The van der Waals surface area contributed by atoms with Crippen LogP contribution in [-0.4, -0.2) is 10.9 Å². The molecule has 214 valence electrons. The minimum atomic E-state index is -0.370. The van der Waals surface area contributed by atoms with Gasteiger partial charge in [0.2, 0.25) is 0 Å². The normalized spacial score (nSPS) is 14.7. The Balaban J connectivity index is 2.68. The third-order valence-corrected chi connectivity index (χ3v) is 7.56. The third kappa shape index (κ3) is 6.60. The molecule has 0 spiro atoms. The lowest BCUT2D eigenvalue weighted by Gasteiger charge is -2.32. The van der Waals surface area contributed by atoms with Crippen molar-refractivity contribution in [2.45, 2.75) is 93.9 Å². The van der Waals surface area contributed by atoms with E-state index in [1.165, 1.54) is 0 Å². The average Bonchev–Trinajstić information content (AvgIpc) is 2.82. The van der Waals surface area contributed by atoms with Gasteiger partial charge in [-0.3, -0.25) is 4.79 Å². The monoisotopic (exact) mass is 546 g/mol. The van der Waals surface area contributed by atoms with Crippen molar-refractivity contribution >= 4 is 11.4 Å². The molecule has 0 fully saturated rings. The smallest absolute Gasteiger partial charge is 0.186 e. The maximum absolute atomic E-state index is 13.8. The predicted octanol–water partition coefficient (Wildman–Crippen LogP) is 9.28. The summed E-state index contributed by atoms with van der Waals surface area (Å²) < 4.78 is 0. The minimum absolute atomic E-state index is 0.0752. The Bertz CT molecular complexity index is 1470. The molecule has 0 aliphatic heterocycles. The van der Waals surface area contributed by atoms with Gasteiger partial charge in [0, 0.05) is 33.4 Å². The van der Waals surface area contributed by atoms with Crippen molar-refractivity contribution in [3.8, 4) is 30.4 Å². The molecular formula is C39H46O2. The molecule has 0 aromatic heterocycles. The van der Waals surface area contributed by atoms with Gasteiger partial charge in [-0.15, -0.1) is 12.8 Å². The molecule has 0 unspecified atom stereocenters. The van der Waals surface area contributed by atoms with E-state index in [-0.39, 0.29) is 27.4 Å². The van der Waals surface area contributed by atoms with Crippen molar-refractivity contribution in [3.05, 3.63) is 92.6 Å². The number of allylic oxidation sites excluding steroid dienone is 5. The second-order valence-corrected chi connectivity index (χ2v) is 15.3. The van der Waals surface area contributed by atoms with Crippen molar-refractivity contribution in [1.82, 2.24) is 0 Å². The second kappa shape index (κ2) is 10.6. The number of terminal acetylenes is 2. The number of hydrogen-bond donors (Lipinski definition) is 1. The van der Waals surface area contributed by atoms with Crippen molar-refractivity contribution in [2.75, 3.05) is 0 Å². The van der Waals surface area contributed by atoms with Crippen LogP contribution in [0, 0.1) is 35.5 Å². The summed E-state index contributed by atoms with van der Waals surface area (Å²) >= 11 is 0. The molecule has 0 bridgehead atoms. The first-order valence-corrected chi connectivity index (χ1v) is 14.3. The number of benzene rings is 2. The molecule has 0 radical (unpaired) electrons. The van der Waals surface area contributed by atoms with Crippen molar-refractivity contribution in [3.63, 3.8) is 0 Å². The lowest BCUT2D eigenvalue weighted by Crippen LogP contribution is -2.28. The maximum Gasteiger partial charge on any atom is 0.186 e. The van der Waals surface area contributed by atoms with Gasteiger partial charge in [0.25, 0.3) is 0 Å². The number of carbonyl (C=O) groups is 1. The molecule has 0 saturated carbocycles. The van der Waals surface area contributed by atoms with Gasteiger partial charge in [-0.25, -0.2) is 0 Å². The zero-order valence-electron chi connectivity index (χ0n) is 27.1. The highest BCUT2D eigenvalue weighted by molar-refractivity contribution is 6.12. The van der Waals surface area contributed by atoms with Gasteiger partial charge < -0.3 is 5.11 Å². The number of Topliss-reactive ketones (excluding diaryl/α,β-unsaturated/α-hetero) is 1. The molecule has 2 aromatic carbocycles. The van der Waals surface area contributed by atoms with Gasteiger partial charge in [0.15, 0.2) is 5.78 Å². The van der Waals surface area contributed by atoms with E-state index in [9.17, 15) is 9.90 Å². The first-order valence-electron chi connectivity index (χ1n) is 14.3.